The lowest BCUT2D eigenvalue weighted by Gasteiger charge is -2.48. The minimum Gasteiger partial charge on any atom is -0.340 e. The Balaban J connectivity index is 2.27. The third-order valence-electron chi connectivity index (χ3n) is 3.27. The highest BCUT2D eigenvalue weighted by Gasteiger charge is 2.50. The van der Waals surface area contributed by atoms with Gasteiger partial charge >= 0.3 is 0 Å². The van der Waals surface area contributed by atoms with Gasteiger partial charge in [0, 0.05) is 6.92 Å². The first-order valence-electron chi connectivity index (χ1n) is 4.63. The molecule has 1 aliphatic carbocycles. The molecule has 0 radical (unpaired) electrons. The molecule has 1 aliphatic rings. The molecule has 0 bridgehead atoms. The predicted octanol–water partition coefficient (Wildman–Crippen LogP) is 1.21. The van der Waals surface area contributed by atoms with Gasteiger partial charge in [-0.05, 0) is 18.3 Å². The molecular weight excluding hydrogens is 166 g/mol. The fourth-order valence-corrected chi connectivity index (χ4v) is 2.03. The number of aromatic nitrogens is 2. The number of hydrogen-bond donors (Lipinski definition) is 1. The summed E-state index contributed by atoms with van der Waals surface area (Å²) in [6.45, 7) is 6.12. The molecule has 0 aliphatic heterocycles. The Hall–Kier alpha value is -0.900. The van der Waals surface area contributed by atoms with Gasteiger partial charge in [0.1, 0.15) is 0 Å². The van der Waals surface area contributed by atoms with E-state index in [4.69, 9.17) is 10.3 Å². The fourth-order valence-electron chi connectivity index (χ4n) is 2.03. The summed E-state index contributed by atoms with van der Waals surface area (Å²) in [5, 5.41) is 3.88. The number of hydrogen-bond acceptors (Lipinski definition) is 4. The van der Waals surface area contributed by atoms with E-state index in [9.17, 15) is 0 Å². The van der Waals surface area contributed by atoms with Crippen molar-refractivity contribution in [2.45, 2.75) is 32.7 Å². The van der Waals surface area contributed by atoms with E-state index in [0.29, 0.717) is 23.6 Å². The smallest absolute Gasteiger partial charge is 0.223 e. The highest BCUT2D eigenvalue weighted by molar-refractivity contribution is 5.13. The van der Waals surface area contributed by atoms with Crippen LogP contribution in [0.4, 0.5) is 0 Å². The van der Waals surface area contributed by atoms with Gasteiger partial charge in [-0.1, -0.05) is 19.0 Å². The van der Waals surface area contributed by atoms with E-state index >= 15 is 0 Å². The zero-order valence-corrected chi connectivity index (χ0v) is 8.24. The van der Waals surface area contributed by atoms with Crippen LogP contribution in [-0.4, -0.2) is 10.1 Å². The van der Waals surface area contributed by atoms with Crippen molar-refractivity contribution < 1.29 is 4.52 Å². The van der Waals surface area contributed by atoms with Crippen LogP contribution in [0.1, 0.15) is 32.0 Å². The molecule has 3 unspecified atom stereocenters. The first-order chi connectivity index (χ1) is 6.04. The Morgan fingerprint density at radius 2 is 2.23 bits per heavy atom. The van der Waals surface area contributed by atoms with Gasteiger partial charge in [0.05, 0.1) is 5.54 Å². The van der Waals surface area contributed by atoms with Crippen LogP contribution in [0.25, 0.3) is 0 Å². The third-order valence-corrected chi connectivity index (χ3v) is 3.27. The van der Waals surface area contributed by atoms with Crippen molar-refractivity contribution in [2.75, 3.05) is 0 Å². The van der Waals surface area contributed by atoms with Crippen molar-refractivity contribution in [3.63, 3.8) is 0 Å². The summed E-state index contributed by atoms with van der Waals surface area (Å²) in [7, 11) is 0. The van der Waals surface area contributed by atoms with Gasteiger partial charge in [-0.25, -0.2) is 0 Å². The lowest BCUT2D eigenvalue weighted by molar-refractivity contribution is 0.0524. The van der Waals surface area contributed by atoms with Crippen molar-refractivity contribution >= 4 is 0 Å². The molecule has 4 heteroatoms. The zero-order valence-electron chi connectivity index (χ0n) is 8.24. The van der Waals surface area contributed by atoms with E-state index in [1.165, 1.54) is 0 Å². The third kappa shape index (κ3) is 1.09. The number of nitrogens with zero attached hydrogens (tertiary/aromatic N) is 2. The van der Waals surface area contributed by atoms with Crippen molar-refractivity contribution in [1.82, 2.24) is 10.1 Å². The molecule has 13 heavy (non-hydrogen) atoms. The summed E-state index contributed by atoms with van der Waals surface area (Å²) in [5.41, 5.74) is 5.84. The van der Waals surface area contributed by atoms with Crippen LogP contribution in [0.3, 0.4) is 0 Å². The van der Waals surface area contributed by atoms with Crippen LogP contribution in [0, 0.1) is 18.8 Å². The van der Waals surface area contributed by atoms with E-state index in [1.807, 2.05) is 0 Å². The van der Waals surface area contributed by atoms with Crippen molar-refractivity contribution in [3.8, 4) is 0 Å². The molecule has 72 valence electrons. The summed E-state index contributed by atoms with van der Waals surface area (Å²) in [4.78, 5) is 4.19. The van der Waals surface area contributed by atoms with Crippen LogP contribution < -0.4 is 5.73 Å². The minimum atomic E-state index is -0.350. The van der Waals surface area contributed by atoms with Gasteiger partial charge in [0.2, 0.25) is 5.89 Å². The largest absolute Gasteiger partial charge is 0.340 e. The molecule has 0 aromatic carbocycles. The van der Waals surface area contributed by atoms with E-state index in [1.54, 1.807) is 6.92 Å². The first-order valence-corrected chi connectivity index (χ1v) is 4.63. The lowest BCUT2D eigenvalue weighted by atomic mass is 9.61. The summed E-state index contributed by atoms with van der Waals surface area (Å²) >= 11 is 0. The predicted molar refractivity (Wildman–Crippen MR) is 47.8 cm³/mol. The molecule has 1 saturated carbocycles. The van der Waals surface area contributed by atoms with Gasteiger partial charge < -0.3 is 10.3 Å². The molecular formula is C9H15N3O. The van der Waals surface area contributed by atoms with Crippen LogP contribution >= 0.6 is 0 Å². The highest BCUT2D eigenvalue weighted by Crippen LogP contribution is 2.47. The number of nitrogens with two attached hydrogens (primary N) is 1. The van der Waals surface area contributed by atoms with E-state index in [0.717, 1.165) is 6.42 Å². The standard InChI is InChI=1S/C9H15N3O/c1-5-4-9(10,6(5)2)8-11-7(3)13-12-8/h5-6H,4,10H2,1-3H3. The average molecular weight is 181 g/mol. The highest BCUT2D eigenvalue weighted by atomic mass is 16.5. The van der Waals surface area contributed by atoms with E-state index in [2.05, 4.69) is 24.0 Å². The molecule has 1 aromatic rings. The van der Waals surface area contributed by atoms with Crippen LogP contribution in [0.15, 0.2) is 4.52 Å². The molecule has 1 fully saturated rings. The zero-order chi connectivity index (χ0) is 9.64. The van der Waals surface area contributed by atoms with E-state index < -0.39 is 0 Å². The quantitative estimate of drug-likeness (QED) is 0.707. The van der Waals surface area contributed by atoms with Crippen molar-refractivity contribution in [3.05, 3.63) is 11.7 Å². The van der Waals surface area contributed by atoms with E-state index in [-0.39, 0.29) is 5.54 Å². The Kier molecular flexibility index (Phi) is 1.70. The van der Waals surface area contributed by atoms with Crippen LogP contribution in [0.5, 0.6) is 0 Å². The second-order valence-corrected chi connectivity index (χ2v) is 4.15. The van der Waals surface area contributed by atoms with Crippen molar-refractivity contribution in [1.29, 1.82) is 0 Å². The number of aryl methyl sites for hydroxylation is 1. The maximum atomic E-state index is 6.19. The summed E-state index contributed by atoms with van der Waals surface area (Å²) in [5.74, 6) is 2.34. The Bertz CT molecular complexity index is 322. The second kappa shape index (κ2) is 2.54. The fraction of sp³-hybridized carbons (Fsp3) is 0.778. The van der Waals surface area contributed by atoms with Gasteiger partial charge in [0.15, 0.2) is 5.82 Å². The Morgan fingerprint density at radius 3 is 2.62 bits per heavy atom. The van der Waals surface area contributed by atoms with Gasteiger partial charge in [-0.15, -0.1) is 0 Å². The molecule has 2 rings (SSSR count). The molecule has 1 aromatic heterocycles. The molecule has 0 amide bonds. The van der Waals surface area contributed by atoms with Crippen LogP contribution in [-0.2, 0) is 5.54 Å². The summed E-state index contributed by atoms with van der Waals surface area (Å²) in [6.07, 6.45) is 0.952. The molecule has 0 spiro atoms. The maximum Gasteiger partial charge on any atom is 0.223 e. The maximum absolute atomic E-state index is 6.19. The monoisotopic (exact) mass is 181 g/mol. The average Bonchev–Trinajstić information content (AvgIpc) is 2.51. The molecule has 3 atom stereocenters. The summed E-state index contributed by atoms with van der Waals surface area (Å²) < 4.78 is 4.93. The first kappa shape index (κ1) is 8.69. The molecule has 1 heterocycles. The topological polar surface area (TPSA) is 64.9 Å². The number of rotatable bonds is 1. The molecule has 0 saturated heterocycles. The van der Waals surface area contributed by atoms with Gasteiger partial charge in [-0.2, -0.15) is 4.98 Å². The van der Waals surface area contributed by atoms with Crippen LogP contribution in [0.2, 0.25) is 0 Å². The van der Waals surface area contributed by atoms with Gasteiger partial charge in [-0.3, -0.25) is 0 Å². The Labute approximate surface area is 77.5 Å². The summed E-state index contributed by atoms with van der Waals surface area (Å²) in [6, 6.07) is 0. The normalized spacial score (nSPS) is 38.8. The van der Waals surface area contributed by atoms with Crippen molar-refractivity contribution in [2.24, 2.45) is 17.6 Å². The van der Waals surface area contributed by atoms with Gasteiger partial charge in [0.25, 0.3) is 0 Å². The SMILES string of the molecule is Cc1nc(C2(N)CC(C)C2C)no1. The minimum absolute atomic E-state index is 0.350. The second-order valence-electron chi connectivity index (χ2n) is 4.15. The molecule has 4 nitrogen and oxygen atoms in total. The lowest BCUT2D eigenvalue weighted by Crippen LogP contribution is -2.56. The Morgan fingerprint density at radius 1 is 1.54 bits per heavy atom. The molecule has 2 N–H and O–H groups in total.